The fourth-order valence-electron chi connectivity index (χ4n) is 2.16. The molecule has 0 fully saturated rings. The third-order valence-corrected chi connectivity index (χ3v) is 3.40. The summed E-state index contributed by atoms with van der Waals surface area (Å²) < 4.78 is 76.7. The monoisotopic (exact) mass is 294 g/mol. The lowest BCUT2D eigenvalue weighted by Gasteiger charge is -2.18. The lowest BCUT2D eigenvalue weighted by molar-refractivity contribution is 0.409. The van der Waals surface area contributed by atoms with Crippen LogP contribution in [0.3, 0.4) is 0 Å². The molecule has 0 heterocycles. The number of hydrogen-bond acceptors (Lipinski definition) is 0. The molecule has 0 aliphatic carbocycles. The summed E-state index contributed by atoms with van der Waals surface area (Å²) in [7, 11) is 0. The smallest absolute Gasteiger partial charge is 0.200 e. The van der Waals surface area contributed by atoms with Crippen LogP contribution in [0.15, 0.2) is 12.2 Å². The van der Waals surface area contributed by atoms with Crippen LogP contribution in [0.2, 0.25) is 0 Å². The van der Waals surface area contributed by atoms with E-state index in [0.717, 1.165) is 0 Å². The van der Waals surface area contributed by atoms with Gasteiger partial charge >= 0.3 is 12.2 Å². The summed E-state index contributed by atoms with van der Waals surface area (Å²) in [6.07, 6.45) is -5.01. The van der Waals surface area contributed by atoms with E-state index < -0.39 is 23.8 Å². The van der Waals surface area contributed by atoms with Gasteiger partial charge in [-0.05, 0) is 49.9 Å². The van der Waals surface area contributed by atoms with E-state index in [4.69, 9.17) is 0 Å². The van der Waals surface area contributed by atoms with Crippen LogP contribution in [0.1, 0.15) is 33.4 Å². The lowest BCUT2D eigenvalue weighted by Crippen LogP contribution is -2.03. The normalized spacial score (nSPS) is 10.5. The molecular formula is C14H12F6. The third-order valence-electron chi connectivity index (χ3n) is 3.40. The van der Waals surface area contributed by atoms with E-state index in [2.05, 4.69) is 0 Å². The first kappa shape index (κ1) is 16.3. The Morgan fingerprint density at radius 1 is 0.500 bits per heavy atom. The van der Waals surface area contributed by atoms with E-state index in [1.807, 2.05) is 0 Å². The van der Waals surface area contributed by atoms with Crippen molar-refractivity contribution >= 4 is 11.7 Å². The number of hydrogen-bond donors (Lipinski definition) is 0. The van der Waals surface area contributed by atoms with E-state index in [1.54, 1.807) is 0 Å². The summed E-state index contributed by atoms with van der Waals surface area (Å²) in [6, 6.07) is 0. The van der Waals surface area contributed by atoms with Gasteiger partial charge in [-0.3, -0.25) is 0 Å². The SMILES string of the molecule is Cc1c(C)c(C(F)=C(F)F)c(C)c(C)c1C(F)=C(F)F. The molecule has 0 saturated carbocycles. The fraction of sp³-hybridized carbons (Fsp3) is 0.286. The first-order valence-corrected chi connectivity index (χ1v) is 5.63. The maximum Gasteiger partial charge on any atom is 0.306 e. The van der Waals surface area contributed by atoms with Crippen molar-refractivity contribution in [2.24, 2.45) is 0 Å². The molecule has 0 aromatic heterocycles. The molecule has 6 heteroatoms. The summed E-state index contributed by atoms with van der Waals surface area (Å²) in [5, 5.41) is 0. The van der Waals surface area contributed by atoms with Gasteiger partial charge in [-0.1, -0.05) is 0 Å². The van der Waals surface area contributed by atoms with Gasteiger partial charge in [0.1, 0.15) is 0 Å². The Labute approximate surface area is 112 Å². The fourth-order valence-corrected chi connectivity index (χ4v) is 2.16. The highest BCUT2D eigenvalue weighted by Crippen LogP contribution is 2.38. The molecule has 0 unspecified atom stereocenters. The predicted molar refractivity (Wildman–Crippen MR) is 65.9 cm³/mol. The van der Waals surface area contributed by atoms with Gasteiger partial charge in [-0.2, -0.15) is 17.6 Å². The quantitative estimate of drug-likeness (QED) is 0.588. The highest BCUT2D eigenvalue weighted by molar-refractivity contribution is 5.76. The Bertz CT molecular complexity index is 533. The molecule has 0 atom stereocenters. The van der Waals surface area contributed by atoms with Crippen LogP contribution in [0, 0.1) is 27.7 Å². The van der Waals surface area contributed by atoms with Crippen molar-refractivity contribution in [2.75, 3.05) is 0 Å². The Morgan fingerprint density at radius 3 is 0.850 bits per heavy atom. The second kappa shape index (κ2) is 5.73. The second-order valence-corrected chi connectivity index (χ2v) is 4.40. The Morgan fingerprint density at radius 2 is 0.700 bits per heavy atom. The van der Waals surface area contributed by atoms with Crippen LogP contribution in [0.4, 0.5) is 26.3 Å². The average Bonchev–Trinajstić information content (AvgIpc) is 2.36. The van der Waals surface area contributed by atoms with Crippen molar-refractivity contribution in [3.8, 4) is 0 Å². The van der Waals surface area contributed by atoms with Gasteiger partial charge < -0.3 is 0 Å². The minimum absolute atomic E-state index is 0.00444. The molecule has 0 saturated heterocycles. The van der Waals surface area contributed by atoms with Gasteiger partial charge in [0.25, 0.3) is 0 Å². The Kier molecular flexibility index (Phi) is 4.68. The van der Waals surface area contributed by atoms with Crippen LogP contribution >= 0.6 is 0 Å². The van der Waals surface area contributed by atoms with Crippen LogP contribution in [0.25, 0.3) is 11.7 Å². The summed E-state index contributed by atoms with van der Waals surface area (Å²) in [4.78, 5) is 0. The highest BCUT2D eigenvalue weighted by atomic mass is 19.3. The largest absolute Gasteiger partial charge is 0.306 e. The first-order chi connectivity index (χ1) is 9.11. The number of rotatable bonds is 2. The Balaban J connectivity index is 3.86. The molecule has 0 N–H and O–H groups in total. The van der Waals surface area contributed by atoms with E-state index in [-0.39, 0.29) is 33.4 Å². The molecule has 1 aromatic rings. The highest BCUT2D eigenvalue weighted by Gasteiger charge is 2.24. The average molecular weight is 294 g/mol. The molecule has 1 aromatic carbocycles. The van der Waals surface area contributed by atoms with E-state index in [9.17, 15) is 26.3 Å². The van der Waals surface area contributed by atoms with Gasteiger partial charge in [-0.15, -0.1) is 0 Å². The molecule has 0 aliphatic rings. The van der Waals surface area contributed by atoms with Crippen LogP contribution < -0.4 is 0 Å². The molecule has 0 radical (unpaired) electrons. The maximum atomic E-state index is 13.5. The first-order valence-electron chi connectivity index (χ1n) is 5.63. The molecule has 0 spiro atoms. The minimum Gasteiger partial charge on any atom is -0.200 e. The van der Waals surface area contributed by atoms with Crippen molar-refractivity contribution in [3.05, 3.63) is 45.5 Å². The number of benzene rings is 1. The van der Waals surface area contributed by atoms with Gasteiger partial charge in [0, 0.05) is 11.1 Å². The van der Waals surface area contributed by atoms with Crippen molar-refractivity contribution < 1.29 is 26.3 Å². The van der Waals surface area contributed by atoms with Gasteiger partial charge in [-0.25, -0.2) is 8.78 Å². The molecule has 0 bridgehead atoms. The van der Waals surface area contributed by atoms with E-state index >= 15 is 0 Å². The zero-order chi connectivity index (χ0) is 15.8. The zero-order valence-corrected chi connectivity index (χ0v) is 11.3. The summed E-state index contributed by atoms with van der Waals surface area (Å²) in [5.41, 5.74) is -0.740. The van der Waals surface area contributed by atoms with Crippen molar-refractivity contribution in [1.82, 2.24) is 0 Å². The summed E-state index contributed by atoms with van der Waals surface area (Å²) in [6.45, 7) is 5.14. The predicted octanol–water partition coefficient (Wildman–Crippen LogP) is 5.99. The van der Waals surface area contributed by atoms with E-state index in [1.165, 1.54) is 27.7 Å². The second-order valence-electron chi connectivity index (χ2n) is 4.40. The van der Waals surface area contributed by atoms with Crippen LogP contribution in [-0.4, -0.2) is 0 Å². The molecular weight excluding hydrogens is 282 g/mol. The van der Waals surface area contributed by atoms with E-state index in [0.29, 0.717) is 0 Å². The van der Waals surface area contributed by atoms with Gasteiger partial charge in [0.05, 0.1) is 0 Å². The van der Waals surface area contributed by atoms with Crippen molar-refractivity contribution in [2.45, 2.75) is 27.7 Å². The lowest BCUT2D eigenvalue weighted by atomic mass is 9.88. The summed E-state index contributed by atoms with van der Waals surface area (Å²) >= 11 is 0. The minimum atomic E-state index is -2.50. The topological polar surface area (TPSA) is 0 Å². The van der Waals surface area contributed by atoms with Crippen LogP contribution in [0.5, 0.6) is 0 Å². The molecule has 110 valence electrons. The van der Waals surface area contributed by atoms with Crippen molar-refractivity contribution in [3.63, 3.8) is 0 Å². The molecule has 1 rings (SSSR count). The van der Waals surface area contributed by atoms with Crippen molar-refractivity contribution in [1.29, 1.82) is 0 Å². The van der Waals surface area contributed by atoms with Gasteiger partial charge in [0.2, 0.25) is 0 Å². The van der Waals surface area contributed by atoms with Crippen LogP contribution in [-0.2, 0) is 0 Å². The standard InChI is InChI=1S/C14H12F6/c1-5-6(2)10(12(16)14(19)20)8(4)7(3)9(5)11(15)13(17)18/h1-4H3. The molecule has 0 aliphatic heterocycles. The summed E-state index contributed by atoms with van der Waals surface area (Å²) in [5.74, 6) is -3.44. The Hall–Kier alpha value is -1.72. The molecule has 0 amide bonds. The van der Waals surface area contributed by atoms with Gasteiger partial charge in [0.15, 0.2) is 11.7 Å². The molecule has 0 nitrogen and oxygen atoms in total. The zero-order valence-electron chi connectivity index (χ0n) is 11.3. The number of halogens is 6. The molecule has 20 heavy (non-hydrogen) atoms. The maximum absolute atomic E-state index is 13.5. The third kappa shape index (κ3) is 2.59.